The minimum Gasteiger partial charge on any atom is -0.347 e. The third-order valence-electron chi connectivity index (χ3n) is 4.35. The van der Waals surface area contributed by atoms with Gasteiger partial charge in [-0.3, -0.25) is 0 Å². The second kappa shape index (κ2) is 8.48. The van der Waals surface area contributed by atoms with Crippen LogP contribution in [0.1, 0.15) is 13.8 Å². The van der Waals surface area contributed by atoms with Crippen LogP contribution in [0.5, 0.6) is 0 Å². The van der Waals surface area contributed by atoms with Gasteiger partial charge in [0, 0.05) is 35.9 Å². The molecule has 0 aliphatic carbocycles. The van der Waals surface area contributed by atoms with E-state index in [0.717, 1.165) is 17.4 Å². The lowest BCUT2D eigenvalue weighted by atomic mass is 10.2. The average Bonchev–Trinajstić information content (AvgIpc) is 3.03. The Balaban J connectivity index is 1.56. The van der Waals surface area contributed by atoms with Crippen molar-refractivity contribution in [2.75, 3.05) is 17.6 Å². The first-order valence-electron chi connectivity index (χ1n) is 9.27. The van der Waals surface area contributed by atoms with Crippen LogP contribution < -0.4 is 10.6 Å². The van der Waals surface area contributed by atoms with Crippen LogP contribution in [0, 0.1) is 5.92 Å². The molecule has 3 aromatic rings. The number of anilines is 1. The zero-order valence-corrected chi connectivity index (χ0v) is 16.9. The SMILES string of the molecule is CC(C)Cn1ccc2cc(NC(=O)NCCS(=O)(=O)c3ccccc3)ccc21. The molecule has 2 amide bonds. The number of carbonyl (C=O) groups excluding carboxylic acids is 1. The van der Waals surface area contributed by atoms with Gasteiger partial charge in [0.15, 0.2) is 9.84 Å². The van der Waals surface area contributed by atoms with Crippen molar-refractivity contribution in [2.45, 2.75) is 25.3 Å². The molecule has 0 aliphatic rings. The first-order valence-corrected chi connectivity index (χ1v) is 10.9. The molecular weight excluding hydrogens is 374 g/mol. The van der Waals surface area contributed by atoms with Crippen molar-refractivity contribution in [3.8, 4) is 0 Å². The maximum atomic E-state index is 12.2. The van der Waals surface area contributed by atoms with E-state index in [9.17, 15) is 13.2 Å². The van der Waals surface area contributed by atoms with E-state index in [1.54, 1.807) is 30.3 Å². The zero-order valence-electron chi connectivity index (χ0n) is 16.1. The van der Waals surface area contributed by atoms with Gasteiger partial charge < -0.3 is 15.2 Å². The predicted molar refractivity (Wildman–Crippen MR) is 112 cm³/mol. The maximum Gasteiger partial charge on any atom is 0.319 e. The molecule has 0 aliphatic heterocycles. The Morgan fingerprint density at radius 1 is 1.07 bits per heavy atom. The summed E-state index contributed by atoms with van der Waals surface area (Å²) in [5.41, 5.74) is 1.78. The topological polar surface area (TPSA) is 80.2 Å². The van der Waals surface area contributed by atoms with Crippen molar-refractivity contribution in [1.82, 2.24) is 9.88 Å². The smallest absolute Gasteiger partial charge is 0.319 e. The molecule has 7 heteroatoms. The van der Waals surface area contributed by atoms with Crippen LogP contribution in [-0.2, 0) is 16.4 Å². The van der Waals surface area contributed by atoms with Crippen LogP contribution in [0.3, 0.4) is 0 Å². The molecule has 148 valence electrons. The molecule has 1 heterocycles. The van der Waals surface area contributed by atoms with E-state index in [1.807, 2.05) is 30.5 Å². The van der Waals surface area contributed by atoms with Gasteiger partial charge in [0.05, 0.1) is 10.6 Å². The molecule has 0 fully saturated rings. The van der Waals surface area contributed by atoms with E-state index < -0.39 is 15.9 Å². The highest BCUT2D eigenvalue weighted by atomic mass is 32.2. The van der Waals surface area contributed by atoms with Crippen molar-refractivity contribution >= 4 is 32.5 Å². The second-order valence-electron chi connectivity index (χ2n) is 7.15. The summed E-state index contributed by atoms with van der Waals surface area (Å²) in [6.07, 6.45) is 2.04. The summed E-state index contributed by atoms with van der Waals surface area (Å²) >= 11 is 0. The zero-order chi connectivity index (χ0) is 20.1. The number of aromatic nitrogens is 1. The summed E-state index contributed by atoms with van der Waals surface area (Å²) < 4.78 is 26.6. The van der Waals surface area contributed by atoms with Gasteiger partial charge in [0.25, 0.3) is 0 Å². The molecular formula is C21H25N3O3S. The number of amides is 2. The number of nitrogens with zero attached hydrogens (tertiary/aromatic N) is 1. The molecule has 0 saturated heterocycles. The van der Waals surface area contributed by atoms with Gasteiger partial charge in [-0.15, -0.1) is 0 Å². The predicted octanol–water partition coefficient (Wildman–Crippen LogP) is 3.89. The lowest BCUT2D eigenvalue weighted by Gasteiger charge is -2.10. The van der Waals surface area contributed by atoms with Crippen molar-refractivity contribution in [2.24, 2.45) is 5.92 Å². The Labute approximate surface area is 165 Å². The van der Waals surface area contributed by atoms with Gasteiger partial charge in [-0.25, -0.2) is 13.2 Å². The molecule has 0 bridgehead atoms. The molecule has 1 aromatic heterocycles. The molecule has 0 atom stereocenters. The highest BCUT2D eigenvalue weighted by molar-refractivity contribution is 7.91. The van der Waals surface area contributed by atoms with Crippen molar-refractivity contribution in [1.29, 1.82) is 0 Å². The van der Waals surface area contributed by atoms with Crippen LogP contribution in [0.4, 0.5) is 10.5 Å². The van der Waals surface area contributed by atoms with Gasteiger partial charge in [-0.05, 0) is 42.3 Å². The summed E-state index contributed by atoms with van der Waals surface area (Å²) in [4.78, 5) is 12.4. The summed E-state index contributed by atoms with van der Waals surface area (Å²) in [5, 5.41) is 6.40. The minimum atomic E-state index is -3.41. The summed E-state index contributed by atoms with van der Waals surface area (Å²) in [7, 11) is -3.41. The van der Waals surface area contributed by atoms with Crippen LogP contribution in [0.25, 0.3) is 10.9 Å². The van der Waals surface area contributed by atoms with Gasteiger partial charge in [-0.2, -0.15) is 0 Å². The second-order valence-corrected chi connectivity index (χ2v) is 9.26. The number of urea groups is 1. The van der Waals surface area contributed by atoms with E-state index in [0.29, 0.717) is 11.6 Å². The van der Waals surface area contributed by atoms with Crippen molar-refractivity contribution in [3.63, 3.8) is 0 Å². The first kappa shape index (κ1) is 19.9. The molecule has 28 heavy (non-hydrogen) atoms. The van der Waals surface area contributed by atoms with Gasteiger partial charge >= 0.3 is 6.03 Å². The quantitative estimate of drug-likeness (QED) is 0.632. The average molecular weight is 400 g/mol. The third kappa shape index (κ3) is 4.92. The van der Waals surface area contributed by atoms with E-state index in [-0.39, 0.29) is 17.2 Å². The number of hydrogen-bond donors (Lipinski definition) is 2. The van der Waals surface area contributed by atoms with Gasteiger partial charge in [0.2, 0.25) is 0 Å². The standard InChI is InChI=1S/C21H25N3O3S/c1-16(2)15-24-12-10-17-14-18(8-9-20(17)24)23-21(25)22-11-13-28(26,27)19-6-4-3-5-7-19/h3-10,12,14,16H,11,13,15H2,1-2H3,(H2,22,23,25). The Morgan fingerprint density at radius 3 is 2.54 bits per heavy atom. The number of nitrogens with one attached hydrogen (secondary N) is 2. The fourth-order valence-corrected chi connectivity index (χ4v) is 4.23. The van der Waals surface area contributed by atoms with Gasteiger partial charge in [0.1, 0.15) is 0 Å². The maximum absolute atomic E-state index is 12.2. The molecule has 3 rings (SSSR count). The number of hydrogen-bond acceptors (Lipinski definition) is 3. The van der Waals surface area contributed by atoms with E-state index >= 15 is 0 Å². The normalized spacial score (nSPS) is 11.7. The van der Waals surface area contributed by atoms with Crippen molar-refractivity contribution < 1.29 is 13.2 Å². The Bertz CT molecular complexity index is 1060. The molecule has 2 N–H and O–H groups in total. The molecule has 0 radical (unpaired) electrons. The largest absolute Gasteiger partial charge is 0.347 e. The molecule has 0 unspecified atom stereocenters. The van der Waals surface area contributed by atoms with Gasteiger partial charge in [-0.1, -0.05) is 32.0 Å². The molecule has 6 nitrogen and oxygen atoms in total. The van der Waals surface area contributed by atoms with E-state index in [1.165, 1.54) is 0 Å². The minimum absolute atomic E-state index is 0.0378. The highest BCUT2D eigenvalue weighted by Crippen LogP contribution is 2.21. The number of carbonyl (C=O) groups is 1. The summed E-state index contributed by atoms with van der Waals surface area (Å²) in [6.45, 7) is 5.32. The first-order chi connectivity index (χ1) is 13.3. The van der Waals surface area contributed by atoms with Crippen LogP contribution >= 0.6 is 0 Å². The Morgan fingerprint density at radius 2 is 1.82 bits per heavy atom. The third-order valence-corrected chi connectivity index (χ3v) is 6.08. The Kier molecular flexibility index (Phi) is 6.04. The number of sulfone groups is 1. The van der Waals surface area contributed by atoms with Crippen LogP contribution in [0.15, 0.2) is 65.7 Å². The lowest BCUT2D eigenvalue weighted by Crippen LogP contribution is -2.32. The monoisotopic (exact) mass is 399 g/mol. The van der Waals surface area contributed by atoms with E-state index in [4.69, 9.17) is 0 Å². The number of rotatable bonds is 7. The molecule has 0 spiro atoms. The summed E-state index contributed by atoms with van der Waals surface area (Å²) in [5.74, 6) is 0.396. The molecule has 2 aromatic carbocycles. The van der Waals surface area contributed by atoms with E-state index in [2.05, 4.69) is 29.0 Å². The van der Waals surface area contributed by atoms with Crippen LogP contribution in [-0.4, -0.2) is 31.3 Å². The Hall–Kier alpha value is -2.80. The number of benzene rings is 2. The fourth-order valence-electron chi connectivity index (χ4n) is 3.05. The summed E-state index contributed by atoms with van der Waals surface area (Å²) in [6, 6.07) is 15.6. The van der Waals surface area contributed by atoms with Crippen LogP contribution in [0.2, 0.25) is 0 Å². The van der Waals surface area contributed by atoms with Crippen molar-refractivity contribution in [3.05, 3.63) is 60.8 Å². The highest BCUT2D eigenvalue weighted by Gasteiger charge is 2.14. The fraction of sp³-hybridized carbons (Fsp3) is 0.286. The number of fused-ring (bicyclic) bond motifs is 1. The molecule has 0 saturated carbocycles. The lowest BCUT2D eigenvalue weighted by molar-refractivity contribution is 0.252.